The SMILES string of the molecule is CCOc1cc(CNCc2cc(Br)ccc2O)ccn1. The minimum Gasteiger partial charge on any atom is -0.508 e. The Bertz CT molecular complexity index is 576. The van der Waals surface area contributed by atoms with E-state index in [0.29, 0.717) is 31.3 Å². The highest BCUT2D eigenvalue weighted by molar-refractivity contribution is 9.10. The molecule has 0 atom stereocenters. The van der Waals surface area contributed by atoms with Gasteiger partial charge < -0.3 is 15.2 Å². The van der Waals surface area contributed by atoms with Gasteiger partial charge >= 0.3 is 0 Å². The van der Waals surface area contributed by atoms with Crippen LogP contribution in [0.4, 0.5) is 0 Å². The van der Waals surface area contributed by atoms with Crippen molar-refractivity contribution in [2.75, 3.05) is 6.61 Å². The summed E-state index contributed by atoms with van der Waals surface area (Å²) in [6, 6.07) is 9.25. The molecule has 5 heteroatoms. The minimum absolute atomic E-state index is 0.297. The Morgan fingerprint density at radius 3 is 2.90 bits per heavy atom. The maximum atomic E-state index is 9.76. The molecule has 2 N–H and O–H groups in total. The molecular formula is C15H17BrN2O2. The second kappa shape index (κ2) is 7.26. The van der Waals surface area contributed by atoms with E-state index in [9.17, 15) is 5.11 Å². The van der Waals surface area contributed by atoms with E-state index < -0.39 is 0 Å². The molecule has 106 valence electrons. The van der Waals surface area contributed by atoms with Crippen molar-refractivity contribution < 1.29 is 9.84 Å². The number of hydrogen-bond acceptors (Lipinski definition) is 4. The van der Waals surface area contributed by atoms with Crippen LogP contribution in [0.5, 0.6) is 11.6 Å². The van der Waals surface area contributed by atoms with Crippen LogP contribution in [0.1, 0.15) is 18.1 Å². The second-order valence-electron chi connectivity index (χ2n) is 4.31. The first kappa shape index (κ1) is 14.8. The van der Waals surface area contributed by atoms with Gasteiger partial charge in [0.2, 0.25) is 5.88 Å². The van der Waals surface area contributed by atoms with Crippen LogP contribution in [-0.2, 0) is 13.1 Å². The molecule has 0 aliphatic rings. The van der Waals surface area contributed by atoms with E-state index in [1.165, 1.54) is 0 Å². The number of nitrogens with one attached hydrogen (secondary N) is 1. The Balaban J connectivity index is 1.92. The topological polar surface area (TPSA) is 54.4 Å². The van der Waals surface area contributed by atoms with Gasteiger partial charge in [-0.2, -0.15) is 0 Å². The number of halogens is 1. The molecule has 0 spiro atoms. The number of pyridine rings is 1. The van der Waals surface area contributed by atoms with Crippen molar-refractivity contribution in [2.24, 2.45) is 0 Å². The smallest absolute Gasteiger partial charge is 0.213 e. The average molecular weight is 337 g/mol. The van der Waals surface area contributed by atoms with Gasteiger partial charge in [0, 0.05) is 35.4 Å². The second-order valence-corrected chi connectivity index (χ2v) is 5.23. The first-order chi connectivity index (χ1) is 9.69. The molecule has 2 aromatic rings. The van der Waals surface area contributed by atoms with Crippen LogP contribution in [0.3, 0.4) is 0 Å². The van der Waals surface area contributed by atoms with Crippen molar-refractivity contribution in [1.29, 1.82) is 0 Å². The lowest BCUT2D eigenvalue weighted by Crippen LogP contribution is -2.13. The summed E-state index contributed by atoms with van der Waals surface area (Å²) in [5.74, 6) is 0.933. The highest BCUT2D eigenvalue weighted by Crippen LogP contribution is 2.21. The lowest BCUT2D eigenvalue weighted by Gasteiger charge is -2.08. The van der Waals surface area contributed by atoms with Crippen molar-refractivity contribution in [3.8, 4) is 11.6 Å². The zero-order chi connectivity index (χ0) is 14.4. The molecule has 0 radical (unpaired) electrons. The van der Waals surface area contributed by atoms with Crippen molar-refractivity contribution in [1.82, 2.24) is 10.3 Å². The number of aromatic nitrogens is 1. The molecule has 0 bridgehead atoms. The summed E-state index contributed by atoms with van der Waals surface area (Å²) in [4.78, 5) is 4.12. The molecule has 0 amide bonds. The van der Waals surface area contributed by atoms with E-state index in [1.807, 2.05) is 31.2 Å². The van der Waals surface area contributed by atoms with Crippen molar-refractivity contribution in [3.63, 3.8) is 0 Å². The summed E-state index contributed by atoms with van der Waals surface area (Å²) < 4.78 is 6.31. The molecule has 1 aromatic carbocycles. The van der Waals surface area contributed by atoms with E-state index in [4.69, 9.17) is 4.74 Å². The molecule has 0 aliphatic heterocycles. The molecule has 1 aromatic heterocycles. The summed E-state index contributed by atoms with van der Waals surface area (Å²) in [5.41, 5.74) is 1.95. The summed E-state index contributed by atoms with van der Waals surface area (Å²) in [5, 5.41) is 13.0. The van der Waals surface area contributed by atoms with Gasteiger partial charge in [-0.15, -0.1) is 0 Å². The highest BCUT2D eigenvalue weighted by Gasteiger charge is 2.02. The number of benzene rings is 1. The monoisotopic (exact) mass is 336 g/mol. The highest BCUT2D eigenvalue weighted by atomic mass is 79.9. The maximum absolute atomic E-state index is 9.76. The van der Waals surface area contributed by atoms with Crippen molar-refractivity contribution in [2.45, 2.75) is 20.0 Å². The normalized spacial score (nSPS) is 10.5. The van der Waals surface area contributed by atoms with E-state index >= 15 is 0 Å². The predicted molar refractivity (Wildman–Crippen MR) is 81.8 cm³/mol. The summed E-state index contributed by atoms with van der Waals surface area (Å²) in [6.07, 6.45) is 1.73. The molecule has 1 heterocycles. The van der Waals surface area contributed by atoms with Crippen LogP contribution < -0.4 is 10.1 Å². The van der Waals surface area contributed by atoms with Crippen molar-refractivity contribution in [3.05, 3.63) is 52.1 Å². The molecule has 20 heavy (non-hydrogen) atoms. The van der Waals surface area contributed by atoms with Gasteiger partial charge in [0.1, 0.15) is 5.75 Å². The van der Waals surface area contributed by atoms with Crippen LogP contribution in [0, 0.1) is 0 Å². The Labute approximate surface area is 126 Å². The van der Waals surface area contributed by atoms with Crippen LogP contribution in [0.25, 0.3) is 0 Å². The first-order valence-corrected chi connectivity index (χ1v) is 7.24. The molecule has 0 aliphatic carbocycles. The third-order valence-corrected chi connectivity index (χ3v) is 3.27. The summed E-state index contributed by atoms with van der Waals surface area (Å²) >= 11 is 3.40. The Kier molecular flexibility index (Phi) is 5.38. The number of ether oxygens (including phenoxy) is 1. The van der Waals surface area contributed by atoms with Crippen LogP contribution in [0.15, 0.2) is 41.0 Å². The molecule has 2 rings (SSSR count). The van der Waals surface area contributed by atoms with Gasteiger partial charge in [-0.05, 0) is 36.8 Å². The molecule has 0 saturated carbocycles. The van der Waals surface area contributed by atoms with Crippen LogP contribution in [0.2, 0.25) is 0 Å². The van der Waals surface area contributed by atoms with Gasteiger partial charge in [-0.25, -0.2) is 4.98 Å². The summed E-state index contributed by atoms with van der Waals surface area (Å²) in [6.45, 7) is 3.82. The third-order valence-electron chi connectivity index (χ3n) is 2.78. The molecule has 4 nitrogen and oxygen atoms in total. The zero-order valence-corrected chi connectivity index (χ0v) is 12.9. The van der Waals surface area contributed by atoms with Gasteiger partial charge in [0.15, 0.2) is 0 Å². The van der Waals surface area contributed by atoms with E-state index in [2.05, 4.69) is 26.2 Å². The lowest BCUT2D eigenvalue weighted by molar-refractivity contribution is 0.326. The zero-order valence-electron chi connectivity index (χ0n) is 11.3. The van der Waals surface area contributed by atoms with Gasteiger partial charge in [-0.1, -0.05) is 15.9 Å². The maximum Gasteiger partial charge on any atom is 0.213 e. The van der Waals surface area contributed by atoms with E-state index in [1.54, 1.807) is 12.3 Å². The Hall–Kier alpha value is -1.59. The fourth-order valence-corrected chi connectivity index (χ4v) is 2.23. The van der Waals surface area contributed by atoms with E-state index in [-0.39, 0.29) is 0 Å². The van der Waals surface area contributed by atoms with Gasteiger partial charge in [0.25, 0.3) is 0 Å². The predicted octanol–water partition coefficient (Wildman–Crippen LogP) is 3.24. The Morgan fingerprint density at radius 1 is 1.25 bits per heavy atom. The summed E-state index contributed by atoms with van der Waals surface area (Å²) in [7, 11) is 0. The van der Waals surface area contributed by atoms with Gasteiger partial charge in [-0.3, -0.25) is 0 Å². The van der Waals surface area contributed by atoms with E-state index in [0.717, 1.165) is 15.6 Å². The average Bonchev–Trinajstić information content (AvgIpc) is 2.43. The fraction of sp³-hybridized carbons (Fsp3) is 0.267. The van der Waals surface area contributed by atoms with Gasteiger partial charge in [0.05, 0.1) is 6.61 Å². The number of nitrogens with zero attached hydrogens (tertiary/aromatic N) is 1. The lowest BCUT2D eigenvalue weighted by atomic mass is 10.2. The third kappa shape index (κ3) is 4.21. The molecule has 0 fully saturated rings. The Morgan fingerprint density at radius 2 is 2.10 bits per heavy atom. The van der Waals surface area contributed by atoms with Crippen LogP contribution >= 0.6 is 15.9 Å². The molecule has 0 saturated heterocycles. The minimum atomic E-state index is 0.297. The number of aromatic hydroxyl groups is 1. The number of hydrogen-bond donors (Lipinski definition) is 2. The standard InChI is InChI=1S/C15H17BrN2O2/c1-2-20-15-7-11(5-6-18-15)9-17-10-12-8-13(16)3-4-14(12)19/h3-8,17,19H,2,9-10H2,1H3. The van der Waals surface area contributed by atoms with Crippen molar-refractivity contribution >= 4 is 15.9 Å². The fourth-order valence-electron chi connectivity index (χ4n) is 1.82. The molecule has 0 unspecified atom stereocenters. The number of phenolic OH excluding ortho intramolecular Hbond substituents is 1. The quantitative estimate of drug-likeness (QED) is 0.850. The largest absolute Gasteiger partial charge is 0.508 e. The number of rotatable bonds is 6. The first-order valence-electron chi connectivity index (χ1n) is 6.45. The number of phenols is 1. The molecular weight excluding hydrogens is 320 g/mol. The van der Waals surface area contributed by atoms with Crippen LogP contribution in [-0.4, -0.2) is 16.7 Å².